The molecule has 0 aliphatic heterocycles. The lowest BCUT2D eigenvalue weighted by Crippen LogP contribution is -1.93. The van der Waals surface area contributed by atoms with Gasteiger partial charge >= 0.3 is 0 Å². The molecule has 0 N–H and O–H groups in total. The number of hydrogen-bond acceptors (Lipinski definition) is 6. The van der Waals surface area contributed by atoms with E-state index < -0.39 is 0 Å². The van der Waals surface area contributed by atoms with Gasteiger partial charge < -0.3 is 0 Å². The highest BCUT2D eigenvalue weighted by Crippen LogP contribution is 2.31. The van der Waals surface area contributed by atoms with Gasteiger partial charge in [-0.25, -0.2) is 14.4 Å². The van der Waals surface area contributed by atoms with E-state index in [0.29, 0.717) is 23.5 Å². The van der Waals surface area contributed by atoms with Crippen LogP contribution in [0.25, 0.3) is 0 Å². The molecule has 0 saturated carbocycles. The largest absolute Gasteiger partial charge is 0.240 e. The molecule has 112 valence electrons. The summed E-state index contributed by atoms with van der Waals surface area (Å²) in [6, 6.07) is 10.3. The number of isocyanates is 3. The number of nitrogens with zero attached hydrogens (tertiary/aromatic N) is 3. The Morgan fingerprint density at radius 2 is 1.48 bits per heavy atom. The molecule has 23 heavy (non-hydrogen) atoms. The number of hydrogen-bond donors (Lipinski definition) is 0. The van der Waals surface area contributed by atoms with Gasteiger partial charge in [0.1, 0.15) is 0 Å². The highest BCUT2D eigenvalue weighted by molar-refractivity contribution is 5.65. The van der Waals surface area contributed by atoms with Crippen LogP contribution < -0.4 is 0 Å². The third-order valence-corrected chi connectivity index (χ3v) is 3.35. The summed E-state index contributed by atoms with van der Waals surface area (Å²) in [6.07, 6.45) is 4.89. The monoisotopic (exact) mass is 305 g/mol. The molecule has 0 bridgehead atoms. The Morgan fingerprint density at radius 1 is 0.826 bits per heavy atom. The molecule has 0 heterocycles. The van der Waals surface area contributed by atoms with E-state index in [4.69, 9.17) is 0 Å². The fraction of sp³-hybridized carbons (Fsp3) is 0.118. The van der Waals surface area contributed by atoms with Crippen molar-refractivity contribution < 1.29 is 14.4 Å². The van der Waals surface area contributed by atoms with Gasteiger partial charge in [0.2, 0.25) is 18.2 Å². The normalized spacial score (nSPS) is 9.26. The molecular formula is C17H11N3O3. The van der Waals surface area contributed by atoms with E-state index in [1.54, 1.807) is 25.1 Å². The summed E-state index contributed by atoms with van der Waals surface area (Å²) >= 11 is 0. The Hall–Kier alpha value is -3.42. The molecule has 6 heteroatoms. The van der Waals surface area contributed by atoms with E-state index >= 15 is 0 Å². The number of para-hydroxylation sites is 1. The van der Waals surface area contributed by atoms with Gasteiger partial charge in [0.25, 0.3) is 0 Å². The number of benzene rings is 2. The first-order valence-corrected chi connectivity index (χ1v) is 6.64. The first-order chi connectivity index (χ1) is 11.2. The zero-order chi connectivity index (χ0) is 16.7. The molecule has 2 aromatic carbocycles. The van der Waals surface area contributed by atoms with Crippen LogP contribution in [0.2, 0.25) is 0 Å². The molecule has 0 amide bonds. The predicted octanol–water partition coefficient (Wildman–Crippen LogP) is 3.49. The zero-order valence-corrected chi connectivity index (χ0v) is 12.2. The Kier molecular flexibility index (Phi) is 5.24. The highest BCUT2D eigenvalue weighted by Gasteiger charge is 2.10. The average Bonchev–Trinajstić information content (AvgIpc) is 2.54. The number of rotatable bonds is 5. The highest BCUT2D eigenvalue weighted by atomic mass is 16.1. The first kappa shape index (κ1) is 16.0. The minimum absolute atomic E-state index is 0.339. The molecule has 0 atom stereocenters. The summed E-state index contributed by atoms with van der Waals surface area (Å²) in [5.41, 5.74) is 3.57. The van der Waals surface area contributed by atoms with Gasteiger partial charge in [0.15, 0.2) is 0 Å². The molecule has 0 aliphatic carbocycles. The van der Waals surface area contributed by atoms with Crippen LogP contribution in [-0.2, 0) is 20.8 Å². The average molecular weight is 305 g/mol. The van der Waals surface area contributed by atoms with Crippen molar-refractivity contribution in [2.24, 2.45) is 15.0 Å². The Labute approximate surface area is 131 Å². The molecule has 6 nitrogen and oxygen atoms in total. The lowest BCUT2D eigenvalue weighted by molar-refractivity contribution is 0.564. The molecule has 0 unspecified atom stereocenters. The molecule has 0 saturated heterocycles. The summed E-state index contributed by atoms with van der Waals surface area (Å²) in [6.45, 7) is 1.80. The number of aliphatic imine (C=N–C) groups is 3. The first-order valence-electron chi connectivity index (χ1n) is 6.64. The van der Waals surface area contributed by atoms with E-state index in [0.717, 1.165) is 16.7 Å². The lowest BCUT2D eigenvalue weighted by atomic mass is 9.97. The molecule has 0 spiro atoms. The van der Waals surface area contributed by atoms with E-state index in [-0.39, 0.29) is 0 Å². The van der Waals surface area contributed by atoms with Gasteiger partial charge in [-0.15, -0.1) is 0 Å². The second-order valence-electron chi connectivity index (χ2n) is 4.66. The van der Waals surface area contributed by atoms with Crippen molar-refractivity contribution >= 4 is 35.3 Å². The van der Waals surface area contributed by atoms with Crippen molar-refractivity contribution in [2.45, 2.75) is 13.3 Å². The topological polar surface area (TPSA) is 88.3 Å². The van der Waals surface area contributed by atoms with Crippen LogP contribution in [0.1, 0.15) is 16.7 Å². The van der Waals surface area contributed by atoms with Crippen LogP contribution in [0.4, 0.5) is 17.1 Å². The SMILES string of the molecule is Cc1c(Cc2ccccc2N=C=O)cc(N=C=O)cc1N=C=O. The fourth-order valence-corrected chi connectivity index (χ4v) is 2.23. The van der Waals surface area contributed by atoms with Crippen LogP contribution in [0.15, 0.2) is 51.4 Å². The third kappa shape index (κ3) is 3.82. The van der Waals surface area contributed by atoms with Crippen molar-refractivity contribution in [1.82, 2.24) is 0 Å². The van der Waals surface area contributed by atoms with Gasteiger partial charge in [-0.05, 0) is 41.8 Å². The van der Waals surface area contributed by atoms with Gasteiger partial charge in [0.05, 0.1) is 17.1 Å². The minimum Gasteiger partial charge on any atom is -0.211 e. The van der Waals surface area contributed by atoms with Crippen LogP contribution in [0.5, 0.6) is 0 Å². The molecule has 0 radical (unpaired) electrons. The quantitative estimate of drug-likeness (QED) is 0.625. The van der Waals surface area contributed by atoms with Crippen LogP contribution in [0, 0.1) is 6.92 Å². The second-order valence-corrected chi connectivity index (χ2v) is 4.66. The van der Waals surface area contributed by atoms with E-state index in [2.05, 4.69) is 15.0 Å². The minimum atomic E-state index is 0.339. The van der Waals surface area contributed by atoms with E-state index in [1.807, 2.05) is 12.1 Å². The van der Waals surface area contributed by atoms with Crippen molar-refractivity contribution in [3.8, 4) is 0 Å². The molecule has 0 aliphatic rings. The summed E-state index contributed by atoms with van der Waals surface area (Å²) in [5.74, 6) is 0. The second kappa shape index (κ2) is 7.55. The fourth-order valence-electron chi connectivity index (χ4n) is 2.23. The zero-order valence-electron chi connectivity index (χ0n) is 12.2. The summed E-state index contributed by atoms with van der Waals surface area (Å²) < 4.78 is 0. The van der Waals surface area contributed by atoms with Gasteiger partial charge in [0, 0.05) is 6.42 Å². The Morgan fingerprint density at radius 3 is 2.17 bits per heavy atom. The molecule has 0 aromatic heterocycles. The molecule has 2 aromatic rings. The molecule has 0 fully saturated rings. The maximum Gasteiger partial charge on any atom is 0.240 e. The summed E-state index contributed by atoms with van der Waals surface area (Å²) in [4.78, 5) is 42.4. The van der Waals surface area contributed by atoms with Gasteiger partial charge in [-0.1, -0.05) is 18.2 Å². The van der Waals surface area contributed by atoms with Crippen LogP contribution in [-0.4, -0.2) is 18.2 Å². The Bertz CT molecular complexity index is 886. The maximum absolute atomic E-state index is 10.5. The van der Waals surface area contributed by atoms with Crippen molar-refractivity contribution in [2.75, 3.05) is 0 Å². The van der Waals surface area contributed by atoms with Gasteiger partial charge in [-0.3, -0.25) is 0 Å². The maximum atomic E-state index is 10.5. The van der Waals surface area contributed by atoms with Crippen molar-refractivity contribution in [3.05, 3.63) is 53.1 Å². The van der Waals surface area contributed by atoms with Crippen LogP contribution >= 0.6 is 0 Å². The van der Waals surface area contributed by atoms with Crippen molar-refractivity contribution in [1.29, 1.82) is 0 Å². The smallest absolute Gasteiger partial charge is 0.211 e. The standard InChI is InChI=1S/C17H11N3O3/c1-12-14(6-13-4-2-3-5-16(13)19-10-22)7-15(18-9-21)8-17(12)20-11-23/h2-5,7-8H,6H2,1H3. The third-order valence-electron chi connectivity index (χ3n) is 3.35. The van der Waals surface area contributed by atoms with E-state index in [9.17, 15) is 14.4 Å². The molecule has 2 rings (SSSR count). The number of carbonyl (C=O) groups excluding carboxylic acids is 3. The molecular weight excluding hydrogens is 294 g/mol. The lowest BCUT2D eigenvalue weighted by Gasteiger charge is -2.10. The predicted molar refractivity (Wildman–Crippen MR) is 83.8 cm³/mol. The van der Waals surface area contributed by atoms with E-state index in [1.165, 1.54) is 24.3 Å². The van der Waals surface area contributed by atoms with Crippen LogP contribution in [0.3, 0.4) is 0 Å². The van der Waals surface area contributed by atoms with Gasteiger partial charge in [-0.2, -0.15) is 15.0 Å². The Balaban J connectivity index is 2.57. The summed E-state index contributed by atoms with van der Waals surface area (Å²) in [7, 11) is 0. The van der Waals surface area contributed by atoms with Crippen molar-refractivity contribution in [3.63, 3.8) is 0 Å². The summed E-state index contributed by atoms with van der Waals surface area (Å²) in [5, 5.41) is 0.